The summed E-state index contributed by atoms with van der Waals surface area (Å²) in [5.74, 6) is -0.325. The van der Waals surface area contributed by atoms with Gasteiger partial charge in [0, 0.05) is 11.1 Å². The minimum atomic E-state index is -0.531. The lowest BCUT2D eigenvalue weighted by Crippen LogP contribution is -2.15. The number of hydrogen-bond donors (Lipinski definition) is 0. The van der Waals surface area contributed by atoms with E-state index in [0.717, 1.165) is 5.56 Å². The maximum absolute atomic E-state index is 13.2. The molecule has 0 saturated carbocycles. The summed E-state index contributed by atoms with van der Waals surface area (Å²) in [6, 6.07) is 27.7. The van der Waals surface area contributed by atoms with Gasteiger partial charge in [0.15, 0.2) is 5.76 Å². The SMILES string of the molecule is CCOC(=O)c1c(-c2ccccc2)oc(=O)c(-c2ccccc2)c1-c1ccccc1. The number of carbonyl (C=O) groups excluding carboxylic acids is 1. The monoisotopic (exact) mass is 396 g/mol. The highest BCUT2D eigenvalue weighted by molar-refractivity contribution is 6.06. The summed E-state index contributed by atoms with van der Waals surface area (Å²) in [4.78, 5) is 26.4. The second-order valence-corrected chi connectivity index (χ2v) is 6.66. The van der Waals surface area contributed by atoms with Crippen molar-refractivity contribution in [1.29, 1.82) is 0 Å². The van der Waals surface area contributed by atoms with Crippen molar-refractivity contribution < 1.29 is 13.9 Å². The molecule has 0 spiro atoms. The number of benzene rings is 3. The van der Waals surface area contributed by atoms with Crippen molar-refractivity contribution in [2.24, 2.45) is 0 Å². The summed E-state index contributed by atoms with van der Waals surface area (Å²) in [7, 11) is 0. The molecule has 0 aliphatic heterocycles. The highest BCUT2D eigenvalue weighted by Crippen LogP contribution is 2.38. The number of esters is 1. The van der Waals surface area contributed by atoms with Gasteiger partial charge in [-0.2, -0.15) is 0 Å². The van der Waals surface area contributed by atoms with E-state index in [2.05, 4.69) is 0 Å². The van der Waals surface area contributed by atoms with Crippen LogP contribution in [0.5, 0.6) is 0 Å². The lowest BCUT2D eigenvalue weighted by Gasteiger charge is -2.17. The van der Waals surface area contributed by atoms with Crippen LogP contribution in [0.25, 0.3) is 33.6 Å². The van der Waals surface area contributed by atoms with Gasteiger partial charge in [0.05, 0.1) is 12.2 Å². The van der Waals surface area contributed by atoms with Crippen LogP contribution in [0.2, 0.25) is 0 Å². The van der Waals surface area contributed by atoms with Crippen LogP contribution in [-0.2, 0) is 4.74 Å². The van der Waals surface area contributed by atoms with Gasteiger partial charge in [-0.1, -0.05) is 91.0 Å². The molecular formula is C26H20O4. The summed E-state index contributed by atoms with van der Waals surface area (Å²) in [6.45, 7) is 1.96. The highest BCUT2D eigenvalue weighted by Gasteiger charge is 2.28. The third-order valence-corrected chi connectivity index (χ3v) is 4.77. The lowest BCUT2D eigenvalue weighted by atomic mass is 9.90. The average Bonchev–Trinajstić information content (AvgIpc) is 2.80. The van der Waals surface area contributed by atoms with E-state index in [-0.39, 0.29) is 17.9 Å². The van der Waals surface area contributed by atoms with Gasteiger partial charge in [0.2, 0.25) is 0 Å². The first kappa shape index (κ1) is 19.4. The smallest absolute Gasteiger partial charge is 0.344 e. The first-order valence-corrected chi connectivity index (χ1v) is 9.75. The molecule has 0 atom stereocenters. The predicted octanol–water partition coefficient (Wildman–Crippen LogP) is 5.82. The van der Waals surface area contributed by atoms with E-state index in [0.29, 0.717) is 22.3 Å². The van der Waals surface area contributed by atoms with E-state index in [1.165, 1.54) is 0 Å². The first-order valence-electron chi connectivity index (χ1n) is 9.75. The van der Waals surface area contributed by atoms with Crippen molar-refractivity contribution in [3.63, 3.8) is 0 Å². The molecule has 0 N–H and O–H groups in total. The van der Waals surface area contributed by atoms with Gasteiger partial charge >= 0.3 is 11.6 Å². The van der Waals surface area contributed by atoms with E-state index >= 15 is 0 Å². The van der Waals surface area contributed by atoms with Crippen molar-refractivity contribution in [3.05, 3.63) is 107 Å². The van der Waals surface area contributed by atoms with Crippen LogP contribution in [-0.4, -0.2) is 12.6 Å². The number of carbonyl (C=O) groups is 1. The third kappa shape index (κ3) is 3.67. The molecule has 30 heavy (non-hydrogen) atoms. The topological polar surface area (TPSA) is 56.5 Å². The molecule has 4 rings (SSSR count). The van der Waals surface area contributed by atoms with Crippen molar-refractivity contribution in [1.82, 2.24) is 0 Å². The van der Waals surface area contributed by atoms with Crippen LogP contribution >= 0.6 is 0 Å². The van der Waals surface area contributed by atoms with E-state index < -0.39 is 11.6 Å². The molecule has 1 heterocycles. The molecule has 0 saturated heterocycles. The molecule has 0 aliphatic rings. The molecule has 0 bridgehead atoms. The fraction of sp³-hybridized carbons (Fsp3) is 0.0769. The van der Waals surface area contributed by atoms with Crippen LogP contribution in [0.4, 0.5) is 0 Å². The molecule has 148 valence electrons. The molecule has 4 heteroatoms. The Morgan fingerprint density at radius 3 is 1.70 bits per heavy atom. The molecular weight excluding hydrogens is 376 g/mol. The number of rotatable bonds is 5. The zero-order chi connectivity index (χ0) is 20.9. The Kier molecular flexibility index (Phi) is 5.57. The van der Waals surface area contributed by atoms with Gasteiger partial charge in [-0.05, 0) is 18.1 Å². The van der Waals surface area contributed by atoms with Gasteiger partial charge in [-0.15, -0.1) is 0 Å². The summed E-state index contributed by atoms with van der Waals surface area (Å²) in [5, 5.41) is 0. The molecule has 0 aliphatic carbocycles. The first-order chi connectivity index (χ1) is 14.7. The predicted molar refractivity (Wildman–Crippen MR) is 117 cm³/mol. The van der Waals surface area contributed by atoms with Gasteiger partial charge in [0.25, 0.3) is 0 Å². The zero-order valence-corrected chi connectivity index (χ0v) is 16.5. The quantitative estimate of drug-likeness (QED) is 0.399. The van der Waals surface area contributed by atoms with Crippen molar-refractivity contribution >= 4 is 5.97 Å². The van der Waals surface area contributed by atoms with E-state index in [4.69, 9.17) is 9.15 Å². The zero-order valence-electron chi connectivity index (χ0n) is 16.5. The van der Waals surface area contributed by atoms with E-state index in [1.807, 2.05) is 78.9 Å². The average molecular weight is 396 g/mol. The highest BCUT2D eigenvalue weighted by atomic mass is 16.5. The van der Waals surface area contributed by atoms with Gasteiger partial charge in [-0.3, -0.25) is 0 Å². The minimum Gasteiger partial charge on any atom is -0.462 e. The van der Waals surface area contributed by atoms with Gasteiger partial charge < -0.3 is 9.15 Å². The second-order valence-electron chi connectivity index (χ2n) is 6.66. The van der Waals surface area contributed by atoms with Crippen molar-refractivity contribution in [3.8, 4) is 33.6 Å². The molecule has 1 aromatic heterocycles. The Hall–Kier alpha value is -3.92. The maximum atomic E-state index is 13.2. The molecule has 0 fully saturated rings. The fourth-order valence-electron chi connectivity index (χ4n) is 3.49. The third-order valence-electron chi connectivity index (χ3n) is 4.77. The summed E-state index contributed by atoms with van der Waals surface area (Å²) in [6.07, 6.45) is 0. The Morgan fingerprint density at radius 2 is 1.20 bits per heavy atom. The maximum Gasteiger partial charge on any atom is 0.344 e. The van der Waals surface area contributed by atoms with Crippen molar-refractivity contribution in [2.75, 3.05) is 6.61 Å². The summed E-state index contributed by atoms with van der Waals surface area (Å²) in [5.41, 5.74) is 2.63. The molecule has 0 radical (unpaired) electrons. The van der Waals surface area contributed by atoms with Gasteiger partial charge in [0.1, 0.15) is 5.56 Å². The van der Waals surface area contributed by atoms with Gasteiger partial charge in [-0.25, -0.2) is 9.59 Å². The number of ether oxygens (including phenoxy) is 1. The Morgan fingerprint density at radius 1 is 0.733 bits per heavy atom. The number of hydrogen-bond acceptors (Lipinski definition) is 4. The van der Waals surface area contributed by atoms with E-state index in [9.17, 15) is 9.59 Å². The normalized spacial score (nSPS) is 10.6. The fourth-order valence-corrected chi connectivity index (χ4v) is 3.49. The van der Waals surface area contributed by atoms with Crippen molar-refractivity contribution in [2.45, 2.75) is 6.92 Å². The Labute approximate surface area is 174 Å². The molecule has 3 aromatic carbocycles. The van der Waals surface area contributed by atoms with Crippen LogP contribution in [0, 0.1) is 0 Å². The largest absolute Gasteiger partial charge is 0.462 e. The molecule has 4 nitrogen and oxygen atoms in total. The molecule has 0 amide bonds. The Bertz CT molecular complexity index is 1210. The summed E-state index contributed by atoms with van der Waals surface area (Å²) < 4.78 is 11.1. The van der Waals surface area contributed by atoms with Crippen LogP contribution in [0.15, 0.2) is 100 Å². The summed E-state index contributed by atoms with van der Waals surface area (Å²) >= 11 is 0. The lowest BCUT2D eigenvalue weighted by molar-refractivity contribution is 0.0526. The molecule has 4 aromatic rings. The van der Waals surface area contributed by atoms with Crippen LogP contribution in [0.3, 0.4) is 0 Å². The van der Waals surface area contributed by atoms with Crippen LogP contribution < -0.4 is 5.63 Å². The van der Waals surface area contributed by atoms with Crippen LogP contribution in [0.1, 0.15) is 17.3 Å². The molecule has 0 unspecified atom stereocenters. The minimum absolute atomic E-state index is 0.206. The van der Waals surface area contributed by atoms with E-state index in [1.54, 1.807) is 19.1 Å². The second kappa shape index (κ2) is 8.62. The Balaban J connectivity index is 2.15. The standard InChI is InChI=1S/C26H20O4/c1-2-29-25(27)23-21(18-12-6-3-7-13-18)22(19-14-8-4-9-15-19)26(28)30-24(23)20-16-10-5-11-17-20/h3-17H,2H2,1H3.